The van der Waals surface area contributed by atoms with Crippen LogP contribution in [0.15, 0.2) is 34.9 Å². The number of benzene rings is 1. The number of amides is 1. The first kappa shape index (κ1) is 12.9. The smallest absolute Gasteiger partial charge is 0.275 e. The van der Waals surface area contributed by atoms with Crippen LogP contribution in [0.5, 0.6) is 0 Å². The molecule has 1 aliphatic rings. The molecule has 0 saturated carbocycles. The highest BCUT2D eigenvalue weighted by Gasteiger charge is 2.21. The van der Waals surface area contributed by atoms with Gasteiger partial charge in [0.2, 0.25) is 5.89 Å². The van der Waals surface area contributed by atoms with Crippen molar-refractivity contribution in [2.24, 2.45) is 0 Å². The third-order valence-electron chi connectivity index (χ3n) is 3.67. The molecule has 0 spiro atoms. The van der Waals surface area contributed by atoms with Crippen molar-refractivity contribution in [1.82, 2.24) is 9.88 Å². The Bertz CT molecular complexity index is 595. The minimum absolute atomic E-state index is 0.0215. The Morgan fingerprint density at radius 2 is 1.85 bits per heavy atom. The van der Waals surface area contributed by atoms with Crippen LogP contribution in [0.4, 0.5) is 0 Å². The highest BCUT2D eigenvalue weighted by molar-refractivity contribution is 5.92. The maximum Gasteiger partial charge on any atom is 0.275 e. The minimum atomic E-state index is -0.0215. The van der Waals surface area contributed by atoms with E-state index in [4.69, 9.17) is 4.42 Å². The SMILES string of the molecule is Cc1ccc(-c2nc(C(=O)N3CCCCC3)co2)cc1. The number of likely N-dealkylation sites (tertiary alicyclic amines) is 1. The van der Waals surface area contributed by atoms with E-state index < -0.39 is 0 Å². The standard InChI is InChI=1S/C16H18N2O2/c1-12-5-7-13(8-6-12)15-17-14(11-20-15)16(19)18-9-3-2-4-10-18/h5-8,11H,2-4,9-10H2,1H3. The van der Waals surface area contributed by atoms with Crippen LogP contribution in [0.2, 0.25) is 0 Å². The Balaban J connectivity index is 1.79. The van der Waals surface area contributed by atoms with Crippen LogP contribution < -0.4 is 0 Å². The Labute approximate surface area is 118 Å². The molecule has 0 N–H and O–H groups in total. The predicted octanol–water partition coefficient (Wildman–Crippen LogP) is 3.28. The number of rotatable bonds is 2. The molecular formula is C16H18N2O2. The normalized spacial score (nSPS) is 15.3. The Kier molecular flexibility index (Phi) is 3.54. The number of hydrogen-bond acceptors (Lipinski definition) is 3. The largest absolute Gasteiger partial charge is 0.444 e. The Morgan fingerprint density at radius 1 is 1.15 bits per heavy atom. The number of carbonyl (C=O) groups is 1. The number of aromatic nitrogens is 1. The lowest BCUT2D eigenvalue weighted by atomic mass is 10.1. The molecular weight excluding hydrogens is 252 g/mol. The molecule has 4 nitrogen and oxygen atoms in total. The molecule has 0 unspecified atom stereocenters. The Hall–Kier alpha value is -2.10. The molecule has 20 heavy (non-hydrogen) atoms. The summed E-state index contributed by atoms with van der Waals surface area (Å²) >= 11 is 0. The molecule has 0 bridgehead atoms. The topological polar surface area (TPSA) is 46.3 Å². The summed E-state index contributed by atoms with van der Waals surface area (Å²) in [4.78, 5) is 18.5. The van der Waals surface area contributed by atoms with Gasteiger partial charge in [0.1, 0.15) is 6.26 Å². The lowest BCUT2D eigenvalue weighted by Crippen LogP contribution is -2.35. The van der Waals surface area contributed by atoms with Crippen LogP contribution >= 0.6 is 0 Å². The van der Waals surface area contributed by atoms with Gasteiger partial charge in [-0.3, -0.25) is 4.79 Å². The van der Waals surface area contributed by atoms with E-state index in [1.54, 1.807) is 0 Å². The molecule has 1 aliphatic heterocycles. The maximum absolute atomic E-state index is 12.3. The number of carbonyl (C=O) groups excluding carboxylic acids is 1. The van der Waals surface area contributed by atoms with Crippen molar-refractivity contribution >= 4 is 5.91 Å². The van der Waals surface area contributed by atoms with Gasteiger partial charge < -0.3 is 9.32 Å². The lowest BCUT2D eigenvalue weighted by Gasteiger charge is -2.25. The molecule has 1 saturated heterocycles. The van der Waals surface area contributed by atoms with Crippen molar-refractivity contribution in [2.75, 3.05) is 13.1 Å². The van der Waals surface area contributed by atoms with Crippen molar-refractivity contribution in [3.8, 4) is 11.5 Å². The lowest BCUT2D eigenvalue weighted by molar-refractivity contribution is 0.0718. The van der Waals surface area contributed by atoms with Gasteiger partial charge in [-0.05, 0) is 38.3 Å². The van der Waals surface area contributed by atoms with Gasteiger partial charge in [0.05, 0.1) is 0 Å². The van der Waals surface area contributed by atoms with Crippen molar-refractivity contribution in [3.05, 3.63) is 41.8 Å². The third-order valence-corrected chi connectivity index (χ3v) is 3.67. The first-order valence-electron chi connectivity index (χ1n) is 7.06. The van der Waals surface area contributed by atoms with Gasteiger partial charge in [0, 0.05) is 18.7 Å². The molecule has 1 aromatic heterocycles. The fraction of sp³-hybridized carbons (Fsp3) is 0.375. The second-order valence-electron chi connectivity index (χ2n) is 5.26. The zero-order valence-electron chi connectivity index (χ0n) is 11.6. The van der Waals surface area contributed by atoms with Crippen molar-refractivity contribution in [3.63, 3.8) is 0 Å². The Morgan fingerprint density at radius 3 is 2.55 bits per heavy atom. The fourth-order valence-electron chi connectivity index (χ4n) is 2.46. The second-order valence-corrected chi connectivity index (χ2v) is 5.26. The van der Waals surface area contributed by atoms with Gasteiger partial charge in [-0.25, -0.2) is 4.98 Å². The van der Waals surface area contributed by atoms with Crippen molar-refractivity contribution < 1.29 is 9.21 Å². The van der Waals surface area contributed by atoms with Gasteiger partial charge in [-0.1, -0.05) is 17.7 Å². The van der Waals surface area contributed by atoms with E-state index >= 15 is 0 Å². The van der Waals surface area contributed by atoms with Crippen LogP contribution in [-0.4, -0.2) is 28.9 Å². The number of hydrogen-bond donors (Lipinski definition) is 0. The molecule has 3 rings (SSSR count). The summed E-state index contributed by atoms with van der Waals surface area (Å²) in [6, 6.07) is 7.92. The van der Waals surface area contributed by atoms with Gasteiger partial charge in [-0.2, -0.15) is 0 Å². The molecule has 1 amide bonds. The van der Waals surface area contributed by atoms with Crippen LogP contribution in [-0.2, 0) is 0 Å². The highest BCUT2D eigenvalue weighted by atomic mass is 16.3. The maximum atomic E-state index is 12.3. The van der Waals surface area contributed by atoms with Gasteiger partial charge in [0.25, 0.3) is 5.91 Å². The van der Waals surface area contributed by atoms with Crippen LogP contribution in [0.25, 0.3) is 11.5 Å². The monoisotopic (exact) mass is 270 g/mol. The molecule has 1 fully saturated rings. The number of piperidine rings is 1. The molecule has 0 aliphatic carbocycles. The number of oxazole rings is 1. The summed E-state index contributed by atoms with van der Waals surface area (Å²) in [5.41, 5.74) is 2.49. The van der Waals surface area contributed by atoms with E-state index in [0.717, 1.165) is 31.5 Å². The van der Waals surface area contributed by atoms with Crippen molar-refractivity contribution in [1.29, 1.82) is 0 Å². The predicted molar refractivity (Wildman–Crippen MR) is 76.4 cm³/mol. The molecule has 2 aromatic rings. The molecule has 4 heteroatoms. The molecule has 0 atom stereocenters. The molecule has 104 valence electrons. The second kappa shape index (κ2) is 5.49. The average molecular weight is 270 g/mol. The summed E-state index contributed by atoms with van der Waals surface area (Å²) < 4.78 is 5.44. The van der Waals surface area contributed by atoms with E-state index in [1.165, 1.54) is 18.2 Å². The van der Waals surface area contributed by atoms with Gasteiger partial charge in [-0.15, -0.1) is 0 Å². The minimum Gasteiger partial charge on any atom is -0.444 e. The van der Waals surface area contributed by atoms with Gasteiger partial charge >= 0.3 is 0 Å². The summed E-state index contributed by atoms with van der Waals surface area (Å²) in [6.07, 6.45) is 4.83. The van der Waals surface area contributed by atoms with Crippen LogP contribution in [0, 0.1) is 6.92 Å². The van der Waals surface area contributed by atoms with E-state index in [2.05, 4.69) is 4.98 Å². The first-order chi connectivity index (χ1) is 9.74. The molecule has 2 heterocycles. The fourth-order valence-corrected chi connectivity index (χ4v) is 2.46. The zero-order valence-corrected chi connectivity index (χ0v) is 11.6. The quantitative estimate of drug-likeness (QED) is 0.841. The van der Waals surface area contributed by atoms with Crippen molar-refractivity contribution in [2.45, 2.75) is 26.2 Å². The van der Waals surface area contributed by atoms with E-state index in [-0.39, 0.29) is 5.91 Å². The highest BCUT2D eigenvalue weighted by Crippen LogP contribution is 2.20. The van der Waals surface area contributed by atoms with Crippen LogP contribution in [0.3, 0.4) is 0 Å². The summed E-state index contributed by atoms with van der Waals surface area (Å²) in [7, 11) is 0. The van der Waals surface area contributed by atoms with E-state index in [9.17, 15) is 4.79 Å². The van der Waals surface area contributed by atoms with Gasteiger partial charge in [0.15, 0.2) is 5.69 Å². The summed E-state index contributed by atoms with van der Waals surface area (Å²) in [6.45, 7) is 3.68. The number of aryl methyl sites for hydroxylation is 1. The molecule has 1 aromatic carbocycles. The summed E-state index contributed by atoms with van der Waals surface area (Å²) in [5, 5.41) is 0. The number of nitrogens with zero attached hydrogens (tertiary/aromatic N) is 2. The first-order valence-corrected chi connectivity index (χ1v) is 7.06. The summed E-state index contributed by atoms with van der Waals surface area (Å²) in [5.74, 6) is 0.483. The average Bonchev–Trinajstić information content (AvgIpc) is 2.98. The molecule has 0 radical (unpaired) electrons. The van der Waals surface area contributed by atoms with Crippen LogP contribution in [0.1, 0.15) is 35.3 Å². The van der Waals surface area contributed by atoms with E-state index in [0.29, 0.717) is 11.6 Å². The zero-order chi connectivity index (χ0) is 13.9. The van der Waals surface area contributed by atoms with E-state index in [1.807, 2.05) is 36.1 Å². The third kappa shape index (κ3) is 2.59.